The van der Waals surface area contributed by atoms with E-state index in [0.717, 1.165) is 0 Å². The number of rotatable bonds is 4. The Labute approximate surface area is 90.8 Å². The van der Waals surface area contributed by atoms with Gasteiger partial charge in [0.1, 0.15) is 5.60 Å². The molecule has 90 valence electrons. The van der Waals surface area contributed by atoms with Crippen molar-refractivity contribution in [3.8, 4) is 0 Å². The molecule has 0 aromatic rings. The number of methoxy groups -OCH3 is 1. The molecule has 1 amide bonds. The Hall–Kier alpha value is -0.810. The summed E-state index contributed by atoms with van der Waals surface area (Å²) < 4.78 is 9.96. The number of nitrogens with one attached hydrogen (secondary N) is 1. The second-order valence-corrected chi connectivity index (χ2v) is 4.78. The molecule has 0 aromatic heterocycles. The highest BCUT2D eigenvalue weighted by molar-refractivity contribution is 5.68. The van der Waals surface area contributed by atoms with E-state index >= 15 is 0 Å². The van der Waals surface area contributed by atoms with E-state index in [-0.39, 0.29) is 13.2 Å². The SMILES string of the molecule is COCC(C)(CO)NC(=O)OC(C)(C)C. The first-order chi connectivity index (χ1) is 6.72. The summed E-state index contributed by atoms with van der Waals surface area (Å²) in [7, 11) is 1.50. The van der Waals surface area contributed by atoms with E-state index in [1.54, 1.807) is 27.7 Å². The molecule has 5 heteroatoms. The molecule has 0 radical (unpaired) electrons. The molecule has 0 saturated heterocycles. The lowest BCUT2D eigenvalue weighted by atomic mass is 10.1. The summed E-state index contributed by atoms with van der Waals surface area (Å²) in [4.78, 5) is 11.4. The lowest BCUT2D eigenvalue weighted by Gasteiger charge is -2.29. The minimum absolute atomic E-state index is 0.208. The zero-order valence-corrected chi connectivity index (χ0v) is 10.1. The lowest BCUT2D eigenvalue weighted by Crippen LogP contribution is -2.53. The molecule has 1 unspecified atom stereocenters. The van der Waals surface area contributed by atoms with Crippen molar-refractivity contribution in [2.45, 2.75) is 38.8 Å². The number of carbonyl (C=O) groups is 1. The Kier molecular flexibility index (Phi) is 5.03. The van der Waals surface area contributed by atoms with Crippen LogP contribution in [0.3, 0.4) is 0 Å². The van der Waals surface area contributed by atoms with Crippen molar-refractivity contribution in [1.29, 1.82) is 0 Å². The molecule has 0 rings (SSSR count). The van der Waals surface area contributed by atoms with Gasteiger partial charge in [-0.15, -0.1) is 0 Å². The molecule has 1 atom stereocenters. The number of aliphatic hydroxyl groups is 1. The van der Waals surface area contributed by atoms with E-state index < -0.39 is 17.2 Å². The van der Waals surface area contributed by atoms with Gasteiger partial charge in [-0.2, -0.15) is 0 Å². The Bertz CT molecular complexity index is 212. The van der Waals surface area contributed by atoms with Crippen molar-refractivity contribution in [2.24, 2.45) is 0 Å². The lowest BCUT2D eigenvalue weighted by molar-refractivity contribution is 0.0273. The van der Waals surface area contributed by atoms with Crippen LogP contribution in [0.2, 0.25) is 0 Å². The number of hydrogen-bond acceptors (Lipinski definition) is 4. The molecule has 0 aromatic carbocycles. The van der Waals surface area contributed by atoms with E-state index in [2.05, 4.69) is 5.32 Å². The van der Waals surface area contributed by atoms with Crippen LogP contribution in [0.4, 0.5) is 4.79 Å². The molecular formula is C10H21NO4. The highest BCUT2D eigenvalue weighted by Crippen LogP contribution is 2.09. The van der Waals surface area contributed by atoms with E-state index in [4.69, 9.17) is 14.6 Å². The minimum Gasteiger partial charge on any atom is -0.444 e. The van der Waals surface area contributed by atoms with Gasteiger partial charge in [0.15, 0.2) is 0 Å². The molecule has 0 bridgehead atoms. The molecule has 0 heterocycles. The molecule has 0 saturated carbocycles. The van der Waals surface area contributed by atoms with E-state index in [0.29, 0.717) is 0 Å². The molecule has 0 aliphatic carbocycles. The minimum atomic E-state index is -0.808. The Morgan fingerprint density at radius 3 is 2.20 bits per heavy atom. The predicted molar refractivity (Wildman–Crippen MR) is 56.7 cm³/mol. The molecular weight excluding hydrogens is 198 g/mol. The number of aliphatic hydroxyl groups excluding tert-OH is 1. The van der Waals surface area contributed by atoms with Crippen molar-refractivity contribution in [1.82, 2.24) is 5.32 Å². The molecule has 0 spiro atoms. The fraction of sp³-hybridized carbons (Fsp3) is 0.900. The number of hydrogen-bond donors (Lipinski definition) is 2. The van der Waals surface area contributed by atoms with Crippen molar-refractivity contribution in [3.63, 3.8) is 0 Å². The van der Waals surface area contributed by atoms with Crippen LogP contribution in [0.1, 0.15) is 27.7 Å². The number of carbonyl (C=O) groups excluding carboxylic acids is 1. The quantitative estimate of drug-likeness (QED) is 0.737. The van der Waals surface area contributed by atoms with Crippen molar-refractivity contribution in [3.05, 3.63) is 0 Å². The van der Waals surface area contributed by atoms with Crippen LogP contribution in [0.15, 0.2) is 0 Å². The predicted octanol–water partition coefficient (Wildman–Crippen LogP) is 0.908. The van der Waals surface area contributed by atoms with Crippen LogP contribution in [0.5, 0.6) is 0 Å². The van der Waals surface area contributed by atoms with Gasteiger partial charge in [-0.05, 0) is 27.7 Å². The summed E-state index contributed by atoms with van der Waals surface area (Å²) >= 11 is 0. The first kappa shape index (κ1) is 14.2. The summed E-state index contributed by atoms with van der Waals surface area (Å²) in [5.74, 6) is 0. The third-order valence-corrected chi connectivity index (χ3v) is 1.61. The molecule has 5 nitrogen and oxygen atoms in total. The van der Waals surface area contributed by atoms with Gasteiger partial charge in [0.25, 0.3) is 0 Å². The third kappa shape index (κ3) is 6.30. The van der Waals surface area contributed by atoms with Gasteiger partial charge in [0.2, 0.25) is 0 Å². The highest BCUT2D eigenvalue weighted by atomic mass is 16.6. The van der Waals surface area contributed by atoms with Gasteiger partial charge in [-0.3, -0.25) is 0 Å². The highest BCUT2D eigenvalue weighted by Gasteiger charge is 2.28. The van der Waals surface area contributed by atoms with Crippen LogP contribution in [-0.4, -0.2) is 42.7 Å². The first-order valence-electron chi connectivity index (χ1n) is 4.83. The van der Waals surface area contributed by atoms with Gasteiger partial charge in [0, 0.05) is 7.11 Å². The monoisotopic (exact) mass is 219 g/mol. The maximum Gasteiger partial charge on any atom is 0.408 e. The second-order valence-electron chi connectivity index (χ2n) is 4.78. The summed E-state index contributed by atoms with van der Waals surface area (Å²) in [6.07, 6.45) is -0.559. The number of alkyl carbamates (subject to hydrolysis) is 1. The van der Waals surface area contributed by atoms with Crippen molar-refractivity contribution in [2.75, 3.05) is 20.3 Å². The first-order valence-corrected chi connectivity index (χ1v) is 4.83. The topological polar surface area (TPSA) is 67.8 Å². The average Bonchev–Trinajstić information content (AvgIpc) is 2.00. The Morgan fingerprint density at radius 1 is 1.33 bits per heavy atom. The van der Waals surface area contributed by atoms with E-state index in [9.17, 15) is 4.79 Å². The fourth-order valence-corrected chi connectivity index (χ4v) is 0.990. The zero-order valence-electron chi connectivity index (χ0n) is 10.1. The molecule has 0 fully saturated rings. The third-order valence-electron chi connectivity index (χ3n) is 1.61. The molecule has 0 aliphatic heterocycles. The van der Waals surface area contributed by atoms with Gasteiger partial charge < -0.3 is 19.9 Å². The maximum atomic E-state index is 11.4. The van der Waals surface area contributed by atoms with E-state index in [1.807, 2.05) is 0 Å². The zero-order chi connectivity index (χ0) is 12.1. The van der Waals surface area contributed by atoms with Gasteiger partial charge in [-0.25, -0.2) is 4.79 Å². The molecule has 15 heavy (non-hydrogen) atoms. The maximum absolute atomic E-state index is 11.4. The average molecular weight is 219 g/mol. The summed E-state index contributed by atoms with van der Waals surface area (Å²) in [5, 5.41) is 11.7. The number of amides is 1. The largest absolute Gasteiger partial charge is 0.444 e. The van der Waals surface area contributed by atoms with Crippen LogP contribution in [0.25, 0.3) is 0 Å². The van der Waals surface area contributed by atoms with Crippen LogP contribution in [-0.2, 0) is 9.47 Å². The normalized spacial score (nSPS) is 15.6. The molecule has 2 N–H and O–H groups in total. The fourth-order valence-electron chi connectivity index (χ4n) is 0.990. The summed E-state index contributed by atoms with van der Waals surface area (Å²) in [6.45, 7) is 7.03. The van der Waals surface area contributed by atoms with Crippen molar-refractivity contribution >= 4 is 6.09 Å². The Balaban J connectivity index is 4.24. The standard InChI is InChI=1S/C10H21NO4/c1-9(2,3)15-8(13)11-10(4,6-12)7-14-5/h12H,6-7H2,1-5H3,(H,11,13). The van der Waals surface area contributed by atoms with Crippen molar-refractivity contribution < 1.29 is 19.4 Å². The van der Waals surface area contributed by atoms with Gasteiger partial charge in [0.05, 0.1) is 18.8 Å². The van der Waals surface area contributed by atoms with Gasteiger partial charge in [-0.1, -0.05) is 0 Å². The summed E-state index contributed by atoms with van der Waals surface area (Å²) in [6, 6.07) is 0. The van der Waals surface area contributed by atoms with Crippen LogP contribution < -0.4 is 5.32 Å². The smallest absolute Gasteiger partial charge is 0.408 e. The number of ether oxygens (including phenoxy) is 2. The van der Waals surface area contributed by atoms with Crippen LogP contribution in [0, 0.1) is 0 Å². The molecule has 0 aliphatic rings. The van der Waals surface area contributed by atoms with Gasteiger partial charge >= 0.3 is 6.09 Å². The Morgan fingerprint density at radius 2 is 1.87 bits per heavy atom. The van der Waals surface area contributed by atoms with Crippen LogP contribution >= 0.6 is 0 Å². The summed E-state index contributed by atoms with van der Waals surface area (Å²) in [5.41, 5.74) is -1.36. The second kappa shape index (κ2) is 5.32. The van der Waals surface area contributed by atoms with E-state index in [1.165, 1.54) is 7.11 Å².